The molecule has 2 atom stereocenters. The Kier molecular flexibility index (Phi) is 8.01. The molecule has 0 radical (unpaired) electrons. The van der Waals surface area contributed by atoms with Gasteiger partial charge in [0, 0.05) is 31.2 Å². The summed E-state index contributed by atoms with van der Waals surface area (Å²) in [6.45, 7) is 5.27. The van der Waals surface area contributed by atoms with Gasteiger partial charge in [-0.3, -0.25) is 4.98 Å². The Bertz CT molecular complexity index is 977. The predicted octanol–water partition coefficient (Wildman–Crippen LogP) is 3.61. The summed E-state index contributed by atoms with van der Waals surface area (Å²) in [6, 6.07) is 8.78. The van der Waals surface area contributed by atoms with Gasteiger partial charge < -0.3 is 20.0 Å². The van der Waals surface area contributed by atoms with E-state index in [4.69, 9.17) is 9.90 Å². The molecule has 1 aromatic heterocycles. The monoisotopic (exact) mass is 455 g/mol. The summed E-state index contributed by atoms with van der Waals surface area (Å²) in [5.74, 6) is -3.77. The maximum Gasteiger partial charge on any atom is 0.490 e. The minimum Gasteiger partial charge on any atom is -0.480 e. The Labute approximate surface area is 182 Å². The van der Waals surface area contributed by atoms with Crippen LogP contribution in [0.3, 0.4) is 0 Å². The number of carboxylic acid groups (broad SMARTS) is 2. The number of carbonyl (C=O) groups excluding carboxylic acids is 1. The minimum absolute atomic E-state index is 0.0804. The van der Waals surface area contributed by atoms with Gasteiger partial charge in [-0.15, -0.1) is 0 Å². The van der Waals surface area contributed by atoms with Gasteiger partial charge in [-0.2, -0.15) is 13.2 Å². The Morgan fingerprint density at radius 3 is 2.34 bits per heavy atom. The second-order valence-corrected chi connectivity index (χ2v) is 7.36. The van der Waals surface area contributed by atoms with E-state index in [-0.39, 0.29) is 11.9 Å². The average Bonchev–Trinajstić information content (AvgIpc) is 3.08. The number of benzene rings is 1. The van der Waals surface area contributed by atoms with Crippen LogP contribution in [0.15, 0.2) is 36.5 Å². The molecule has 174 valence electrons. The second kappa shape index (κ2) is 10.3. The number of nitrogens with zero attached hydrogens (tertiary/aromatic N) is 3. The van der Waals surface area contributed by atoms with Gasteiger partial charge in [-0.1, -0.05) is 38.5 Å². The molecule has 2 amide bonds. The molecule has 2 N–H and O–H groups in total. The molecule has 1 fully saturated rings. The highest BCUT2D eigenvalue weighted by Gasteiger charge is 2.40. The molecular weight excluding hydrogens is 431 g/mol. The Morgan fingerprint density at radius 1 is 1.16 bits per heavy atom. The molecule has 2 heterocycles. The van der Waals surface area contributed by atoms with E-state index in [0.29, 0.717) is 19.6 Å². The van der Waals surface area contributed by atoms with E-state index < -0.39 is 24.2 Å². The van der Waals surface area contributed by atoms with Crippen molar-refractivity contribution in [2.75, 3.05) is 13.1 Å². The summed E-state index contributed by atoms with van der Waals surface area (Å²) in [5, 5.41) is 17.7. The van der Waals surface area contributed by atoms with Crippen molar-refractivity contribution in [2.45, 2.75) is 39.0 Å². The van der Waals surface area contributed by atoms with Crippen molar-refractivity contribution in [3.05, 3.63) is 42.1 Å². The minimum atomic E-state index is -5.08. The van der Waals surface area contributed by atoms with Gasteiger partial charge in [0.1, 0.15) is 6.04 Å². The number of hydrogen-bond donors (Lipinski definition) is 2. The van der Waals surface area contributed by atoms with Gasteiger partial charge in [-0.25, -0.2) is 14.4 Å². The number of amides is 2. The standard InChI is InChI=1S/C19H23N3O3.C2HF3O2/c1-3-13(2)17(18(23)24)22-11-10-21(19(22)25)12-14-8-9-20-16-7-5-4-6-15(14)16;3-2(4,5)1(6)7/h4-9,13,17H,3,10-12H2,1-2H3,(H,23,24);(H,6,7)/t13-,17-;/m0./s1. The highest BCUT2D eigenvalue weighted by molar-refractivity contribution is 5.85. The number of fused-ring (bicyclic) bond motifs is 1. The van der Waals surface area contributed by atoms with Crippen LogP contribution in [-0.4, -0.2) is 68.3 Å². The average molecular weight is 455 g/mol. The van der Waals surface area contributed by atoms with Crippen LogP contribution in [0.2, 0.25) is 0 Å². The number of para-hydroxylation sites is 1. The quantitative estimate of drug-likeness (QED) is 0.689. The molecule has 0 bridgehead atoms. The van der Waals surface area contributed by atoms with E-state index in [1.165, 1.54) is 4.90 Å². The number of urea groups is 1. The van der Waals surface area contributed by atoms with E-state index in [9.17, 15) is 27.9 Å². The predicted molar refractivity (Wildman–Crippen MR) is 109 cm³/mol. The number of carboxylic acids is 2. The SMILES string of the molecule is CC[C@H](C)[C@@H](C(=O)O)N1CCN(Cc2ccnc3ccccc23)C1=O.O=C(O)C(F)(F)F. The van der Waals surface area contributed by atoms with Gasteiger partial charge in [0.05, 0.1) is 5.52 Å². The number of rotatable bonds is 6. The van der Waals surface area contributed by atoms with Crippen LogP contribution in [0, 0.1) is 5.92 Å². The fourth-order valence-electron chi connectivity index (χ4n) is 3.41. The van der Waals surface area contributed by atoms with Crippen molar-refractivity contribution in [1.82, 2.24) is 14.8 Å². The van der Waals surface area contributed by atoms with Crippen LogP contribution in [-0.2, 0) is 16.1 Å². The Hall–Kier alpha value is -3.37. The van der Waals surface area contributed by atoms with Crippen molar-refractivity contribution in [3.8, 4) is 0 Å². The Balaban J connectivity index is 0.000000451. The van der Waals surface area contributed by atoms with Gasteiger partial charge in [0.25, 0.3) is 0 Å². The van der Waals surface area contributed by atoms with Crippen LogP contribution in [0.5, 0.6) is 0 Å². The van der Waals surface area contributed by atoms with Crippen LogP contribution in [0.25, 0.3) is 10.9 Å². The number of hydrogen-bond acceptors (Lipinski definition) is 4. The van der Waals surface area contributed by atoms with Gasteiger partial charge in [-0.05, 0) is 23.6 Å². The number of alkyl halides is 3. The largest absolute Gasteiger partial charge is 0.490 e. The molecule has 0 aliphatic carbocycles. The molecule has 0 spiro atoms. The van der Waals surface area contributed by atoms with E-state index >= 15 is 0 Å². The van der Waals surface area contributed by atoms with E-state index in [2.05, 4.69) is 4.98 Å². The molecule has 0 unspecified atom stereocenters. The van der Waals surface area contributed by atoms with E-state index in [0.717, 1.165) is 22.9 Å². The summed E-state index contributed by atoms with van der Waals surface area (Å²) in [7, 11) is 0. The number of halogens is 3. The number of aromatic nitrogens is 1. The number of aliphatic carboxylic acids is 2. The number of carbonyl (C=O) groups is 3. The molecule has 8 nitrogen and oxygen atoms in total. The zero-order valence-corrected chi connectivity index (χ0v) is 17.5. The molecule has 1 aromatic carbocycles. The summed E-state index contributed by atoms with van der Waals surface area (Å²) in [5.41, 5.74) is 1.92. The maximum atomic E-state index is 12.8. The summed E-state index contributed by atoms with van der Waals surface area (Å²) in [6.07, 6.45) is -2.62. The first-order chi connectivity index (χ1) is 15.0. The lowest BCUT2D eigenvalue weighted by Crippen LogP contribution is -2.47. The lowest BCUT2D eigenvalue weighted by molar-refractivity contribution is -0.192. The van der Waals surface area contributed by atoms with Gasteiger partial charge in [0.15, 0.2) is 0 Å². The third-order valence-corrected chi connectivity index (χ3v) is 5.24. The summed E-state index contributed by atoms with van der Waals surface area (Å²) in [4.78, 5) is 40.9. The first kappa shape index (κ1) is 24.9. The van der Waals surface area contributed by atoms with Gasteiger partial charge in [0.2, 0.25) is 0 Å². The van der Waals surface area contributed by atoms with Crippen LogP contribution in [0.4, 0.5) is 18.0 Å². The molecule has 1 aliphatic rings. The zero-order valence-electron chi connectivity index (χ0n) is 17.5. The smallest absolute Gasteiger partial charge is 0.480 e. The molecule has 11 heteroatoms. The first-order valence-corrected chi connectivity index (χ1v) is 9.88. The third kappa shape index (κ3) is 5.86. The second-order valence-electron chi connectivity index (χ2n) is 7.36. The summed E-state index contributed by atoms with van der Waals surface area (Å²) < 4.78 is 31.7. The topological polar surface area (TPSA) is 111 Å². The van der Waals surface area contributed by atoms with Crippen molar-refractivity contribution in [2.24, 2.45) is 5.92 Å². The van der Waals surface area contributed by atoms with Crippen molar-refractivity contribution < 1.29 is 37.8 Å². The molecule has 1 aliphatic heterocycles. The fraction of sp³-hybridized carbons (Fsp3) is 0.429. The fourth-order valence-corrected chi connectivity index (χ4v) is 3.41. The molecule has 3 rings (SSSR count). The molecule has 2 aromatic rings. The lowest BCUT2D eigenvalue weighted by Gasteiger charge is -2.28. The molecule has 32 heavy (non-hydrogen) atoms. The highest BCUT2D eigenvalue weighted by atomic mass is 19.4. The zero-order chi connectivity index (χ0) is 24.1. The van der Waals surface area contributed by atoms with Crippen molar-refractivity contribution in [3.63, 3.8) is 0 Å². The normalized spacial score (nSPS) is 15.8. The molecule has 1 saturated heterocycles. The lowest BCUT2D eigenvalue weighted by atomic mass is 9.98. The summed E-state index contributed by atoms with van der Waals surface area (Å²) >= 11 is 0. The number of pyridine rings is 1. The van der Waals surface area contributed by atoms with E-state index in [1.807, 2.05) is 44.2 Å². The van der Waals surface area contributed by atoms with Crippen LogP contribution < -0.4 is 0 Å². The van der Waals surface area contributed by atoms with Crippen LogP contribution in [0.1, 0.15) is 25.8 Å². The van der Waals surface area contributed by atoms with Gasteiger partial charge >= 0.3 is 24.1 Å². The Morgan fingerprint density at radius 2 is 1.78 bits per heavy atom. The van der Waals surface area contributed by atoms with Crippen molar-refractivity contribution in [1.29, 1.82) is 0 Å². The molecule has 0 saturated carbocycles. The highest BCUT2D eigenvalue weighted by Crippen LogP contribution is 2.24. The van der Waals surface area contributed by atoms with Crippen LogP contribution >= 0.6 is 0 Å². The van der Waals surface area contributed by atoms with Crippen molar-refractivity contribution >= 4 is 28.9 Å². The first-order valence-electron chi connectivity index (χ1n) is 9.88. The third-order valence-electron chi connectivity index (χ3n) is 5.24. The maximum absolute atomic E-state index is 12.8. The van der Waals surface area contributed by atoms with E-state index in [1.54, 1.807) is 11.1 Å². The molecular formula is C21H24F3N3O5.